The van der Waals surface area contributed by atoms with Gasteiger partial charge in [0.15, 0.2) is 0 Å². The first-order chi connectivity index (χ1) is 23.5. The largest absolute Gasteiger partial charge is 2.00 e. The molecule has 49 heavy (non-hydrogen) atoms. The van der Waals surface area contributed by atoms with E-state index in [1.54, 1.807) is 0 Å². The summed E-state index contributed by atoms with van der Waals surface area (Å²) in [6, 6.07) is 58.1. The topological polar surface area (TPSA) is 6.48 Å². The van der Waals surface area contributed by atoms with Gasteiger partial charge in [-0.3, -0.25) is 0 Å². The van der Waals surface area contributed by atoms with Crippen LogP contribution in [0.4, 0.5) is 22.7 Å². The van der Waals surface area contributed by atoms with Gasteiger partial charge in [-0.1, -0.05) is 154 Å². The Morgan fingerprint density at radius 2 is 0.531 bits per heavy atom. The zero-order valence-electron chi connectivity index (χ0n) is 26.4. The van der Waals surface area contributed by atoms with E-state index in [9.17, 15) is 0 Å². The molecule has 0 aliphatic heterocycles. The van der Waals surface area contributed by atoms with Gasteiger partial charge in [0, 0.05) is 21.5 Å². The maximum Gasteiger partial charge on any atom is 2.00 e. The van der Waals surface area contributed by atoms with Gasteiger partial charge in [-0.15, -0.1) is 0 Å². The molecular weight excluding hydrogens is 685 g/mol. The number of hydrogen-bond donors (Lipinski definition) is 0. The van der Waals surface area contributed by atoms with Gasteiger partial charge in [-0.25, -0.2) is 0 Å². The molecule has 0 bridgehead atoms. The van der Waals surface area contributed by atoms with Crippen LogP contribution in [0.15, 0.2) is 170 Å². The Morgan fingerprint density at radius 3 is 0.755 bits per heavy atom. The number of benzene rings is 8. The van der Waals surface area contributed by atoms with Crippen molar-refractivity contribution >= 4 is 147 Å². The molecule has 0 saturated carbocycles. The molecule has 232 valence electrons. The molecule has 8 aromatic rings. The van der Waals surface area contributed by atoms with Gasteiger partial charge in [0.1, 0.15) is 0 Å². The van der Waals surface area contributed by atoms with Gasteiger partial charge in [-0.05, 0) is 45.8 Å². The number of rotatable bonds is 4. The molecule has 0 amide bonds. The Labute approximate surface area is 324 Å². The van der Waals surface area contributed by atoms with Crippen molar-refractivity contribution in [1.29, 1.82) is 0 Å². The minimum atomic E-state index is 0. The van der Waals surface area contributed by atoms with Crippen molar-refractivity contribution in [2.24, 2.45) is 0 Å². The zero-order valence-corrected chi connectivity index (χ0v) is 31.1. The number of hydrogen-bond acceptors (Lipinski definition) is 4. The average Bonchev–Trinajstić information content (AvgIpc) is 3.12. The molecule has 0 aromatic heterocycles. The van der Waals surface area contributed by atoms with E-state index in [0.29, 0.717) is 8.64 Å². The number of thiocarbonyl (C=S) groups is 2. The van der Waals surface area contributed by atoms with E-state index in [4.69, 9.17) is 49.7 Å². The first-order valence-electron chi connectivity index (χ1n) is 15.4. The third kappa shape index (κ3) is 7.10. The van der Waals surface area contributed by atoms with Gasteiger partial charge < -0.3 is 59.5 Å². The summed E-state index contributed by atoms with van der Waals surface area (Å²) in [6.07, 6.45) is 0. The Hall–Kier alpha value is -4.21. The molecule has 0 aliphatic rings. The SMILES string of the molecule is S=C([S-])N(c1cccc2ccccc12)c1cccc2ccccc12.S=C([S-])N(c1cccc2ccccc12)c1cccc2ccccc12.[Mg+2]. The minimum Gasteiger partial charge on any atom is -0.411 e. The summed E-state index contributed by atoms with van der Waals surface area (Å²) in [4.78, 5) is 3.99. The maximum absolute atomic E-state index is 5.45. The summed E-state index contributed by atoms with van der Waals surface area (Å²) in [5, 5.41) is 9.25. The molecule has 0 saturated heterocycles. The van der Waals surface area contributed by atoms with Crippen LogP contribution in [0.3, 0.4) is 0 Å². The molecule has 0 heterocycles. The molecule has 0 N–H and O–H groups in total. The van der Waals surface area contributed by atoms with Crippen LogP contribution < -0.4 is 9.80 Å². The molecule has 0 radical (unpaired) electrons. The van der Waals surface area contributed by atoms with Gasteiger partial charge >= 0.3 is 23.1 Å². The summed E-state index contributed by atoms with van der Waals surface area (Å²) < 4.78 is 0.838. The number of fused-ring (bicyclic) bond motifs is 4. The number of anilines is 4. The van der Waals surface area contributed by atoms with Crippen molar-refractivity contribution in [2.45, 2.75) is 0 Å². The molecule has 2 nitrogen and oxygen atoms in total. The fourth-order valence-electron chi connectivity index (χ4n) is 6.27. The molecule has 0 fully saturated rings. The Kier molecular flexibility index (Phi) is 11.0. The standard InChI is InChI=1S/2C21H15NS2.Mg/c2*23-21(24)22(19-13-5-9-15-7-1-3-11-17(15)19)20-14-6-10-16-8-2-4-12-18(16)20;/h2*1-14H,(H,23,24);/q;;+2/p-2. The van der Waals surface area contributed by atoms with Crippen LogP contribution in [-0.4, -0.2) is 31.7 Å². The summed E-state index contributed by atoms with van der Waals surface area (Å²) in [7, 11) is 0. The molecule has 0 atom stereocenters. The molecule has 8 rings (SSSR count). The fraction of sp³-hybridized carbons (Fsp3) is 0. The first kappa shape index (κ1) is 34.6. The van der Waals surface area contributed by atoms with Crippen molar-refractivity contribution in [3.8, 4) is 0 Å². The van der Waals surface area contributed by atoms with Crippen LogP contribution >= 0.6 is 24.4 Å². The van der Waals surface area contributed by atoms with Gasteiger partial charge in [-0.2, -0.15) is 0 Å². The van der Waals surface area contributed by atoms with Crippen molar-refractivity contribution in [1.82, 2.24) is 0 Å². The molecule has 0 unspecified atom stereocenters. The van der Waals surface area contributed by atoms with Crippen LogP contribution in [0.25, 0.3) is 43.1 Å². The second kappa shape index (κ2) is 15.6. The van der Waals surface area contributed by atoms with Crippen molar-refractivity contribution in [3.63, 3.8) is 0 Å². The van der Waals surface area contributed by atoms with E-state index >= 15 is 0 Å². The molecule has 0 aliphatic carbocycles. The van der Waals surface area contributed by atoms with Crippen molar-refractivity contribution in [3.05, 3.63) is 170 Å². The van der Waals surface area contributed by atoms with Crippen LogP contribution in [0, 0.1) is 0 Å². The summed E-state index contributed by atoms with van der Waals surface area (Å²) >= 11 is 21.8. The second-order valence-corrected chi connectivity index (χ2v) is 13.3. The average molecular weight is 713 g/mol. The monoisotopic (exact) mass is 712 g/mol. The normalized spacial score (nSPS) is 10.6. The third-order valence-electron chi connectivity index (χ3n) is 8.40. The first-order valence-corrected chi connectivity index (χ1v) is 17.1. The molecular formula is C42H28MgN2S4. The maximum atomic E-state index is 5.45. The van der Waals surface area contributed by atoms with Gasteiger partial charge in [0.2, 0.25) is 0 Å². The molecule has 7 heteroatoms. The smallest absolute Gasteiger partial charge is 0.411 e. The summed E-state index contributed by atoms with van der Waals surface area (Å²) in [6.45, 7) is 0. The van der Waals surface area contributed by atoms with E-state index < -0.39 is 0 Å². The van der Waals surface area contributed by atoms with E-state index in [2.05, 4.69) is 97.1 Å². The quantitative estimate of drug-likeness (QED) is 0.101. The second-order valence-electron chi connectivity index (χ2n) is 11.2. The van der Waals surface area contributed by atoms with E-state index in [0.717, 1.165) is 44.3 Å². The Morgan fingerprint density at radius 1 is 0.327 bits per heavy atom. The Balaban J connectivity index is 0.000000167. The summed E-state index contributed by atoms with van der Waals surface area (Å²) in [5.74, 6) is 0. The van der Waals surface area contributed by atoms with Crippen molar-refractivity contribution < 1.29 is 0 Å². The van der Waals surface area contributed by atoms with E-state index in [-0.39, 0.29) is 23.1 Å². The predicted molar refractivity (Wildman–Crippen MR) is 226 cm³/mol. The van der Waals surface area contributed by atoms with Crippen LogP contribution in [-0.2, 0) is 25.3 Å². The molecule has 8 aromatic carbocycles. The van der Waals surface area contributed by atoms with Crippen LogP contribution in [0.5, 0.6) is 0 Å². The summed E-state index contributed by atoms with van der Waals surface area (Å²) in [5.41, 5.74) is 4.07. The fourth-order valence-corrected chi connectivity index (χ4v) is 7.05. The zero-order chi connectivity index (χ0) is 33.0. The van der Waals surface area contributed by atoms with Gasteiger partial charge in [0.05, 0.1) is 22.7 Å². The predicted octanol–water partition coefficient (Wildman–Crippen LogP) is 11.5. The van der Waals surface area contributed by atoms with E-state index in [1.165, 1.54) is 21.5 Å². The van der Waals surface area contributed by atoms with Crippen LogP contribution in [0.1, 0.15) is 0 Å². The van der Waals surface area contributed by atoms with E-state index in [1.807, 2.05) is 82.6 Å². The van der Waals surface area contributed by atoms with Crippen molar-refractivity contribution in [2.75, 3.05) is 9.80 Å². The molecule has 0 spiro atoms. The minimum absolute atomic E-state index is 0. The third-order valence-corrected chi connectivity index (χ3v) is 9.13. The van der Waals surface area contributed by atoms with Gasteiger partial charge in [0.25, 0.3) is 0 Å². The number of nitrogens with zero attached hydrogens (tertiary/aromatic N) is 2. The Bertz CT molecular complexity index is 2110. The van der Waals surface area contributed by atoms with Crippen LogP contribution in [0.2, 0.25) is 0 Å².